The van der Waals surface area contributed by atoms with Crippen molar-refractivity contribution in [2.45, 2.75) is 51.1 Å². The molecule has 1 heterocycles. The first kappa shape index (κ1) is 14.1. The van der Waals surface area contributed by atoms with Gasteiger partial charge in [0, 0.05) is 6.54 Å². The Morgan fingerprint density at radius 3 is 2.33 bits per heavy atom. The van der Waals surface area contributed by atoms with E-state index in [1.165, 1.54) is 5.56 Å². The molecule has 0 unspecified atom stereocenters. The number of hydrogen-bond donors (Lipinski definition) is 1. The van der Waals surface area contributed by atoms with Crippen molar-refractivity contribution in [2.75, 3.05) is 6.54 Å². The lowest BCUT2D eigenvalue weighted by Crippen LogP contribution is -2.65. The summed E-state index contributed by atoms with van der Waals surface area (Å²) < 4.78 is 0. The summed E-state index contributed by atoms with van der Waals surface area (Å²) in [7, 11) is 0. The molecule has 21 heavy (non-hydrogen) atoms. The third-order valence-corrected chi connectivity index (χ3v) is 4.84. The second-order valence-electron chi connectivity index (χ2n) is 6.07. The highest BCUT2D eigenvalue weighted by molar-refractivity contribution is 5.98. The van der Waals surface area contributed by atoms with E-state index >= 15 is 0 Å². The van der Waals surface area contributed by atoms with Crippen molar-refractivity contribution < 1.29 is 9.59 Å². The molecule has 1 aromatic carbocycles. The van der Waals surface area contributed by atoms with Gasteiger partial charge in [0.05, 0.1) is 6.54 Å². The molecule has 0 atom stereocenters. The van der Waals surface area contributed by atoms with Gasteiger partial charge in [-0.1, -0.05) is 44.0 Å². The van der Waals surface area contributed by atoms with Gasteiger partial charge in [-0.2, -0.15) is 0 Å². The monoisotopic (exact) mass is 286 g/mol. The van der Waals surface area contributed by atoms with Gasteiger partial charge in [0.25, 0.3) is 0 Å². The fourth-order valence-electron chi connectivity index (χ4n) is 3.54. The molecule has 2 aliphatic rings. The number of benzene rings is 1. The molecular formula is C17H22N2O2. The number of rotatable bonds is 3. The van der Waals surface area contributed by atoms with Gasteiger partial charge < -0.3 is 10.2 Å². The second kappa shape index (κ2) is 5.51. The summed E-state index contributed by atoms with van der Waals surface area (Å²) in [6.45, 7) is 2.80. The SMILES string of the molecule is CCc1ccc(CN2C(=O)CNC(=O)C23CCCC3)cc1. The molecule has 1 aliphatic carbocycles. The third kappa shape index (κ3) is 2.43. The first-order valence-corrected chi connectivity index (χ1v) is 7.82. The van der Waals surface area contributed by atoms with Crippen LogP contribution in [0.15, 0.2) is 24.3 Å². The molecule has 112 valence electrons. The molecule has 1 aliphatic heterocycles. The highest BCUT2D eigenvalue weighted by Gasteiger charge is 2.50. The van der Waals surface area contributed by atoms with Crippen molar-refractivity contribution in [1.82, 2.24) is 10.2 Å². The van der Waals surface area contributed by atoms with E-state index in [1.807, 2.05) is 4.90 Å². The number of amides is 2. The van der Waals surface area contributed by atoms with Crippen LogP contribution in [0, 0.1) is 0 Å². The summed E-state index contributed by atoms with van der Waals surface area (Å²) in [5, 5.41) is 2.77. The van der Waals surface area contributed by atoms with Crippen LogP contribution in [0.3, 0.4) is 0 Å². The van der Waals surface area contributed by atoms with Crippen LogP contribution in [-0.4, -0.2) is 28.8 Å². The Morgan fingerprint density at radius 2 is 1.71 bits per heavy atom. The summed E-state index contributed by atoms with van der Waals surface area (Å²) in [6, 6.07) is 8.35. The Morgan fingerprint density at radius 1 is 1.10 bits per heavy atom. The number of aryl methyl sites for hydroxylation is 1. The van der Waals surface area contributed by atoms with Gasteiger partial charge in [0.15, 0.2) is 0 Å². The van der Waals surface area contributed by atoms with Crippen molar-refractivity contribution >= 4 is 11.8 Å². The van der Waals surface area contributed by atoms with Gasteiger partial charge in [0.1, 0.15) is 5.54 Å². The molecule has 0 bridgehead atoms. The highest BCUT2D eigenvalue weighted by atomic mass is 16.2. The molecule has 2 fully saturated rings. The van der Waals surface area contributed by atoms with Gasteiger partial charge in [0.2, 0.25) is 11.8 Å². The third-order valence-electron chi connectivity index (χ3n) is 4.84. The summed E-state index contributed by atoms with van der Waals surface area (Å²) in [5.41, 5.74) is 1.79. The number of carbonyl (C=O) groups excluding carboxylic acids is 2. The molecule has 2 amide bonds. The molecule has 4 heteroatoms. The smallest absolute Gasteiger partial charge is 0.246 e. The molecule has 1 N–H and O–H groups in total. The summed E-state index contributed by atoms with van der Waals surface area (Å²) in [5.74, 6) is 0.0702. The number of nitrogens with one attached hydrogen (secondary N) is 1. The molecule has 1 saturated carbocycles. The van der Waals surface area contributed by atoms with E-state index in [9.17, 15) is 9.59 Å². The molecule has 3 rings (SSSR count). The summed E-state index contributed by atoms with van der Waals surface area (Å²) in [6.07, 6.45) is 4.63. The minimum Gasteiger partial charge on any atom is -0.345 e. The second-order valence-corrected chi connectivity index (χ2v) is 6.07. The van der Waals surface area contributed by atoms with Crippen molar-refractivity contribution in [2.24, 2.45) is 0 Å². The Kier molecular flexibility index (Phi) is 3.70. The Hall–Kier alpha value is -1.84. The van der Waals surface area contributed by atoms with E-state index in [0.29, 0.717) is 6.54 Å². The van der Waals surface area contributed by atoms with Gasteiger partial charge in [-0.15, -0.1) is 0 Å². The zero-order valence-electron chi connectivity index (χ0n) is 12.5. The first-order valence-electron chi connectivity index (χ1n) is 7.82. The van der Waals surface area contributed by atoms with Crippen molar-refractivity contribution in [3.63, 3.8) is 0 Å². The number of nitrogens with zero attached hydrogens (tertiary/aromatic N) is 1. The van der Waals surface area contributed by atoms with Crippen LogP contribution in [0.25, 0.3) is 0 Å². The zero-order valence-corrected chi connectivity index (χ0v) is 12.5. The fraction of sp³-hybridized carbons (Fsp3) is 0.529. The van der Waals surface area contributed by atoms with E-state index in [4.69, 9.17) is 0 Å². The Bertz CT molecular complexity index is 544. The minimum atomic E-state index is -0.598. The molecule has 1 aromatic rings. The van der Waals surface area contributed by atoms with E-state index in [2.05, 4.69) is 36.5 Å². The van der Waals surface area contributed by atoms with Crippen molar-refractivity contribution in [3.8, 4) is 0 Å². The average molecular weight is 286 g/mol. The number of hydrogen-bond acceptors (Lipinski definition) is 2. The predicted octanol–water partition coefficient (Wildman–Crippen LogP) is 2.02. The lowest BCUT2D eigenvalue weighted by atomic mass is 9.90. The molecule has 1 saturated heterocycles. The van der Waals surface area contributed by atoms with E-state index < -0.39 is 5.54 Å². The molecule has 4 nitrogen and oxygen atoms in total. The lowest BCUT2D eigenvalue weighted by Gasteiger charge is -2.43. The highest BCUT2D eigenvalue weighted by Crippen LogP contribution is 2.38. The van der Waals surface area contributed by atoms with E-state index in [1.54, 1.807) is 0 Å². The maximum Gasteiger partial charge on any atom is 0.246 e. The summed E-state index contributed by atoms with van der Waals surface area (Å²) in [4.78, 5) is 26.5. The van der Waals surface area contributed by atoms with Gasteiger partial charge in [-0.05, 0) is 30.4 Å². The van der Waals surface area contributed by atoms with E-state index in [-0.39, 0.29) is 18.4 Å². The molecular weight excluding hydrogens is 264 g/mol. The van der Waals surface area contributed by atoms with Crippen LogP contribution < -0.4 is 5.32 Å². The van der Waals surface area contributed by atoms with Crippen molar-refractivity contribution in [3.05, 3.63) is 35.4 Å². The fourth-order valence-corrected chi connectivity index (χ4v) is 3.54. The largest absolute Gasteiger partial charge is 0.345 e. The van der Waals surface area contributed by atoms with Crippen LogP contribution in [0.4, 0.5) is 0 Å². The van der Waals surface area contributed by atoms with Crippen LogP contribution in [0.5, 0.6) is 0 Å². The van der Waals surface area contributed by atoms with Crippen LogP contribution in [0.1, 0.15) is 43.7 Å². The summed E-state index contributed by atoms with van der Waals surface area (Å²) >= 11 is 0. The van der Waals surface area contributed by atoms with Crippen LogP contribution in [-0.2, 0) is 22.6 Å². The molecule has 0 radical (unpaired) electrons. The first-order chi connectivity index (χ1) is 10.2. The van der Waals surface area contributed by atoms with E-state index in [0.717, 1.165) is 37.7 Å². The maximum atomic E-state index is 12.4. The molecule has 0 aromatic heterocycles. The van der Waals surface area contributed by atoms with Gasteiger partial charge in [-0.25, -0.2) is 0 Å². The zero-order chi connectivity index (χ0) is 14.9. The predicted molar refractivity (Wildman–Crippen MR) is 80.6 cm³/mol. The van der Waals surface area contributed by atoms with Crippen LogP contribution >= 0.6 is 0 Å². The quantitative estimate of drug-likeness (QED) is 0.924. The average Bonchev–Trinajstić information content (AvgIpc) is 2.99. The maximum absolute atomic E-state index is 12.4. The topological polar surface area (TPSA) is 49.4 Å². The van der Waals surface area contributed by atoms with Crippen LogP contribution in [0.2, 0.25) is 0 Å². The van der Waals surface area contributed by atoms with Crippen molar-refractivity contribution in [1.29, 1.82) is 0 Å². The normalized spacial score (nSPS) is 20.9. The Balaban J connectivity index is 1.86. The lowest BCUT2D eigenvalue weighted by molar-refractivity contribution is -0.154. The number of carbonyl (C=O) groups is 2. The Labute approximate surface area is 125 Å². The van der Waals surface area contributed by atoms with Gasteiger partial charge in [-0.3, -0.25) is 9.59 Å². The number of piperazine rings is 1. The minimum absolute atomic E-state index is 0.0322. The standard InChI is InChI=1S/C17H22N2O2/c1-2-13-5-7-14(8-6-13)12-19-15(20)11-18-16(21)17(19)9-3-4-10-17/h5-8H,2-4,9-12H2,1H3,(H,18,21). The molecule has 1 spiro atoms. The van der Waals surface area contributed by atoms with Gasteiger partial charge >= 0.3 is 0 Å².